The van der Waals surface area contributed by atoms with Crippen molar-refractivity contribution in [1.29, 1.82) is 0 Å². The van der Waals surface area contributed by atoms with Crippen molar-refractivity contribution in [2.24, 2.45) is 0 Å². The summed E-state index contributed by atoms with van der Waals surface area (Å²) < 4.78 is 2.44. The number of hydrogen-bond donors (Lipinski definition) is 0. The molecule has 0 radical (unpaired) electrons. The highest BCUT2D eigenvalue weighted by Gasteiger charge is 2.43. The minimum atomic E-state index is -0.225. The van der Waals surface area contributed by atoms with Crippen molar-refractivity contribution >= 4 is 32.4 Å². The first-order valence-corrected chi connectivity index (χ1v) is 15.2. The molecule has 3 nitrogen and oxygen atoms in total. The molecule has 1 aliphatic carbocycles. The maximum absolute atomic E-state index is 5.27. The van der Waals surface area contributed by atoms with E-state index in [2.05, 4.69) is 134 Å². The van der Waals surface area contributed by atoms with Gasteiger partial charge in [-0.1, -0.05) is 141 Å². The molecule has 0 N–H and O–H groups in total. The van der Waals surface area contributed by atoms with E-state index in [1.54, 1.807) is 0 Å². The number of hydrogen-bond acceptors (Lipinski definition) is 2. The van der Waals surface area contributed by atoms with E-state index in [9.17, 15) is 0 Å². The smallest absolute Gasteiger partial charge is 0.159 e. The van der Waals surface area contributed by atoms with Gasteiger partial charge in [0, 0.05) is 27.5 Å². The number of fused-ring (bicyclic) bond motifs is 10. The molecule has 44 heavy (non-hydrogen) atoms. The predicted octanol–water partition coefficient (Wildman–Crippen LogP) is 10.4. The van der Waals surface area contributed by atoms with Crippen molar-refractivity contribution in [2.45, 2.75) is 19.3 Å². The van der Waals surface area contributed by atoms with Crippen molar-refractivity contribution in [3.63, 3.8) is 0 Å². The van der Waals surface area contributed by atoms with Crippen LogP contribution in [-0.2, 0) is 5.41 Å². The number of rotatable bonds is 3. The molecule has 1 aliphatic rings. The molecular weight excluding hydrogens is 534 g/mol. The first-order chi connectivity index (χ1) is 21.6. The maximum atomic E-state index is 5.27. The lowest BCUT2D eigenvalue weighted by molar-refractivity contribution is 0.672. The summed E-state index contributed by atoms with van der Waals surface area (Å²) in [6.45, 7) is 4.78. The van der Waals surface area contributed by atoms with Crippen molar-refractivity contribution in [3.8, 4) is 39.6 Å². The molecule has 0 aliphatic heterocycles. The zero-order valence-electron chi connectivity index (χ0n) is 24.6. The maximum Gasteiger partial charge on any atom is 0.159 e. The normalized spacial score (nSPS) is 13.4. The second kappa shape index (κ2) is 9.23. The summed E-state index contributed by atoms with van der Waals surface area (Å²) in [5, 5.41) is 6.44. The van der Waals surface area contributed by atoms with E-state index in [1.165, 1.54) is 54.8 Å². The highest BCUT2D eigenvalue weighted by atomic mass is 15.1. The van der Waals surface area contributed by atoms with E-state index < -0.39 is 0 Å². The first kappa shape index (κ1) is 25.0. The Labute approximate surface area is 256 Å². The summed E-state index contributed by atoms with van der Waals surface area (Å²) in [5.41, 5.74) is 10.2. The van der Waals surface area contributed by atoms with Gasteiger partial charge in [-0.25, -0.2) is 9.97 Å². The fraction of sp³-hybridized carbons (Fsp3) is 0.0732. The molecule has 0 amide bonds. The summed E-state index contributed by atoms with van der Waals surface area (Å²) in [5.74, 6) is 0.721. The van der Waals surface area contributed by atoms with E-state index >= 15 is 0 Å². The van der Waals surface area contributed by atoms with Crippen LogP contribution in [0.15, 0.2) is 140 Å². The van der Waals surface area contributed by atoms with Gasteiger partial charge >= 0.3 is 0 Å². The fourth-order valence-corrected chi connectivity index (χ4v) is 7.59. The third-order valence-corrected chi connectivity index (χ3v) is 9.38. The molecule has 2 aromatic heterocycles. The minimum Gasteiger partial charge on any atom is -0.305 e. The molecule has 6 aromatic carbocycles. The zero-order chi connectivity index (χ0) is 29.4. The van der Waals surface area contributed by atoms with Crippen LogP contribution in [0.5, 0.6) is 0 Å². The Morgan fingerprint density at radius 1 is 0.523 bits per heavy atom. The zero-order valence-corrected chi connectivity index (χ0v) is 24.6. The molecule has 0 saturated carbocycles. The van der Waals surface area contributed by atoms with Crippen LogP contribution in [0.1, 0.15) is 25.0 Å². The third kappa shape index (κ3) is 3.38. The molecule has 0 bridgehead atoms. The Kier molecular flexibility index (Phi) is 5.24. The predicted molar refractivity (Wildman–Crippen MR) is 182 cm³/mol. The summed E-state index contributed by atoms with van der Waals surface area (Å²) in [6, 6.07) is 47.4. The van der Waals surface area contributed by atoms with Gasteiger partial charge in [-0.15, -0.1) is 0 Å². The third-order valence-electron chi connectivity index (χ3n) is 9.38. The van der Waals surface area contributed by atoms with Crippen LogP contribution < -0.4 is 0 Å². The van der Waals surface area contributed by atoms with Crippen LogP contribution in [0.4, 0.5) is 0 Å². The molecule has 3 heteroatoms. The van der Waals surface area contributed by atoms with Crippen LogP contribution in [0.25, 0.3) is 72.0 Å². The molecular formula is C41H29N3. The summed E-state index contributed by atoms with van der Waals surface area (Å²) in [6.07, 6.45) is 2.03. The Balaban J connectivity index is 1.46. The van der Waals surface area contributed by atoms with Gasteiger partial charge < -0.3 is 4.57 Å². The first-order valence-electron chi connectivity index (χ1n) is 15.2. The van der Waals surface area contributed by atoms with Crippen molar-refractivity contribution < 1.29 is 0 Å². The lowest BCUT2D eigenvalue weighted by Gasteiger charge is -2.24. The van der Waals surface area contributed by atoms with Gasteiger partial charge in [0.25, 0.3) is 0 Å². The average Bonchev–Trinajstić information content (AvgIpc) is 3.55. The van der Waals surface area contributed by atoms with Gasteiger partial charge in [0.1, 0.15) is 0 Å². The van der Waals surface area contributed by atoms with Gasteiger partial charge in [0.2, 0.25) is 0 Å². The van der Waals surface area contributed by atoms with Gasteiger partial charge in [-0.3, -0.25) is 0 Å². The quantitative estimate of drug-likeness (QED) is 0.200. The van der Waals surface area contributed by atoms with Crippen molar-refractivity contribution in [1.82, 2.24) is 14.5 Å². The number of nitrogens with zero attached hydrogens (tertiary/aromatic N) is 3. The second-order valence-electron chi connectivity index (χ2n) is 12.2. The molecule has 8 aromatic rings. The highest BCUT2D eigenvalue weighted by Crippen LogP contribution is 2.58. The number of benzene rings is 6. The number of para-hydroxylation sites is 1. The SMILES string of the molecule is CC1(C)c2c(c3ccccc3c3ccccc23)-c2c1c1ccccc1n2-c1cnc(-c2ccccc2)nc1-c1ccccc1. The van der Waals surface area contributed by atoms with E-state index in [0.29, 0.717) is 0 Å². The van der Waals surface area contributed by atoms with Gasteiger partial charge in [0.15, 0.2) is 5.82 Å². The average molecular weight is 564 g/mol. The van der Waals surface area contributed by atoms with Crippen LogP contribution in [0.3, 0.4) is 0 Å². The van der Waals surface area contributed by atoms with Gasteiger partial charge in [-0.2, -0.15) is 0 Å². The van der Waals surface area contributed by atoms with Crippen LogP contribution in [-0.4, -0.2) is 14.5 Å². The second-order valence-corrected chi connectivity index (χ2v) is 12.2. The van der Waals surface area contributed by atoms with Crippen LogP contribution in [0.2, 0.25) is 0 Å². The monoisotopic (exact) mass is 563 g/mol. The molecule has 0 fully saturated rings. The minimum absolute atomic E-state index is 0.225. The molecule has 0 unspecified atom stereocenters. The van der Waals surface area contributed by atoms with Crippen molar-refractivity contribution in [2.75, 3.05) is 0 Å². The molecule has 9 rings (SSSR count). The number of aromatic nitrogens is 3. The Morgan fingerprint density at radius 3 is 1.77 bits per heavy atom. The topological polar surface area (TPSA) is 30.7 Å². The molecule has 0 saturated heterocycles. The van der Waals surface area contributed by atoms with E-state index in [1.807, 2.05) is 24.4 Å². The van der Waals surface area contributed by atoms with E-state index in [-0.39, 0.29) is 5.41 Å². The Morgan fingerprint density at radius 2 is 1.07 bits per heavy atom. The van der Waals surface area contributed by atoms with Crippen molar-refractivity contribution in [3.05, 3.63) is 151 Å². The Hall–Kier alpha value is -5.54. The van der Waals surface area contributed by atoms with Gasteiger partial charge in [0.05, 0.1) is 28.8 Å². The Bertz CT molecular complexity index is 2400. The molecule has 208 valence electrons. The fourth-order valence-electron chi connectivity index (χ4n) is 7.59. The molecule has 0 atom stereocenters. The van der Waals surface area contributed by atoms with E-state index in [0.717, 1.165) is 28.3 Å². The lowest BCUT2D eigenvalue weighted by Crippen LogP contribution is -2.15. The summed E-state index contributed by atoms with van der Waals surface area (Å²) in [7, 11) is 0. The summed E-state index contributed by atoms with van der Waals surface area (Å²) in [4.78, 5) is 10.3. The molecule has 2 heterocycles. The standard InChI is InChI=1S/C41H29N3/c1-41(2)36-31-22-12-10-20-29(31)28-19-9-11-21-30(28)35(36)39-37(41)32-23-13-14-24-33(32)44(39)34-25-42-40(27-17-7-4-8-18-27)43-38(34)26-15-5-3-6-16-26/h3-25H,1-2H3. The molecule has 0 spiro atoms. The van der Waals surface area contributed by atoms with E-state index in [4.69, 9.17) is 9.97 Å². The largest absolute Gasteiger partial charge is 0.305 e. The summed E-state index contributed by atoms with van der Waals surface area (Å²) >= 11 is 0. The van der Waals surface area contributed by atoms with Gasteiger partial charge in [-0.05, 0) is 38.7 Å². The lowest BCUT2D eigenvalue weighted by atomic mass is 9.78. The van der Waals surface area contributed by atoms with Crippen LogP contribution >= 0.6 is 0 Å². The highest BCUT2D eigenvalue weighted by molar-refractivity contribution is 6.19. The van der Waals surface area contributed by atoms with Crippen LogP contribution in [0, 0.1) is 0 Å².